The molecular weight excluding hydrogens is 246 g/mol. The van der Waals surface area contributed by atoms with Crippen molar-refractivity contribution in [2.24, 2.45) is 0 Å². The van der Waals surface area contributed by atoms with E-state index in [2.05, 4.69) is 52.5 Å². The van der Waals surface area contributed by atoms with Crippen LogP contribution in [0.5, 0.6) is 0 Å². The van der Waals surface area contributed by atoms with Crippen molar-refractivity contribution in [2.75, 3.05) is 33.2 Å². The highest BCUT2D eigenvalue weighted by Gasteiger charge is 2.27. The van der Waals surface area contributed by atoms with Crippen LogP contribution in [0.3, 0.4) is 0 Å². The van der Waals surface area contributed by atoms with Gasteiger partial charge in [-0.1, -0.05) is 30.3 Å². The zero-order valence-corrected chi connectivity index (χ0v) is 12.6. The summed E-state index contributed by atoms with van der Waals surface area (Å²) in [6.45, 7) is 5.99. The maximum Gasteiger partial charge on any atom is 0.0234 e. The molecule has 2 aliphatic heterocycles. The number of nitrogens with zero attached hydrogens (tertiary/aromatic N) is 2. The van der Waals surface area contributed by atoms with Crippen molar-refractivity contribution < 1.29 is 0 Å². The molecular formula is C17H27N3. The minimum absolute atomic E-state index is 0.725. The second-order valence-electron chi connectivity index (χ2n) is 6.40. The van der Waals surface area contributed by atoms with E-state index in [1.54, 1.807) is 0 Å². The standard InChI is InChI=1S/C17H27N3/c1-19(13-16-8-5-10-18-16)17-9-11-20(14-17)12-15-6-3-2-4-7-15/h2-4,6-7,16-18H,5,8-14H2,1H3. The molecule has 1 N–H and O–H groups in total. The van der Waals surface area contributed by atoms with Crippen molar-refractivity contribution in [3.63, 3.8) is 0 Å². The van der Waals surface area contributed by atoms with Gasteiger partial charge >= 0.3 is 0 Å². The Morgan fingerprint density at radius 3 is 2.85 bits per heavy atom. The number of rotatable bonds is 5. The molecule has 0 bridgehead atoms. The number of likely N-dealkylation sites (N-methyl/N-ethyl adjacent to an activating group) is 1. The highest BCUT2D eigenvalue weighted by atomic mass is 15.2. The summed E-state index contributed by atoms with van der Waals surface area (Å²) < 4.78 is 0. The second kappa shape index (κ2) is 6.70. The molecule has 2 saturated heterocycles. The van der Waals surface area contributed by atoms with Crippen LogP contribution in [-0.2, 0) is 6.54 Å². The maximum atomic E-state index is 3.61. The quantitative estimate of drug-likeness (QED) is 0.884. The van der Waals surface area contributed by atoms with Gasteiger partial charge in [-0.2, -0.15) is 0 Å². The molecule has 3 rings (SSSR count). The lowest BCUT2D eigenvalue weighted by Gasteiger charge is -2.27. The lowest BCUT2D eigenvalue weighted by molar-refractivity contribution is 0.213. The van der Waals surface area contributed by atoms with Crippen LogP contribution < -0.4 is 5.32 Å². The zero-order valence-electron chi connectivity index (χ0n) is 12.6. The van der Waals surface area contributed by atoms with Gasteiger partial charge in [0.25, 0.3) is 0 Å². The van der Waals surface area contributed by atoms with Gasteiger partial charge in [-0.15, -0.1) is 0 Å². The Kier molecular flexibility index (Phi) is 4.71. The van der Waals surface area contributed by atoms with Gasteiger partial charge in [0.15, 0.2) is 0 Å². The fourth-order valence-corrected chi connectivity index (χ4v) is 3.57. The SMILES string of the molecule is CN(CC1CCCN1)C1CCN(Cc2ccccc2)C1. The van der Waals surface area contributed by atoms with Gasteiger partial charge in [-0.3, -0.25) is 4.90 Å². The average Bonchev–Trinajstić information content (AvgIpc) is 3.11. The molecule has 2 aliphatic rings. The molecule has 2 atom stereocenters. The largest absolute Gasteiger partial charge is 0.313 e. The fourth-order valence-electron chi connectivity index (χ4n) is 3.57. The normalized spacial score (nSPS) is 27.5. The third-order valence-corrected chi connectivity index (χ3v) is 4.79. The summed E-state index contributed by atoms with van der Waals surface area (Å²) >= 11 is 0. The Hall–Kier alpha value is -0.900. The van der Waals surface area contributed by atoms with Crippen molar-refractivity contribution >= 4 is 0 Å². The lowest BCUT2D eigenvalue weighted by atomic mass is 10.1. The lowest BCUT2D eigenvalue weighted by Crippen LogP contribution is -2.42. The van der Waals surface area contributed by atoms with Crippen LogP contribution in [0.4, 0.5) is 0 Å². The van der Waals surface area contributed by atoms with Gasteiger partial charge in [-0.25, -0.2) is 0 Å². The van der Waals surface area contributed by atoms with E-state index in [1.165, 1.54) is 51.0 Å². The monoisotopic (exact) mass is 273 g/mol. The van der Waals surface area contributed by atoms with Crippen molar-refractivity contribution in [1.82, 2.24) is 15.1 Å². The molecule has 0 radical (unpaired) electrons. The number of benzene rings is 1. The third kappa shape index (κ3) is 3.60. The van der Waals surface area contributed by atoms with E-state index < -0.39 is 0 Å². The summed E-state index contributed by atoms with van der Waals surface area (Å²) in [4.78, 5) is 5.17. The summed E-state index contributed by atoms with van der Waals surface area (Å²) in [5.41, 5.74) is 1.44. The number of hydrogen-bond acceptors (Lipinski definition) is 3. The Morgan fingerprint density at radius 2 is 2.10 bits per heavy atom. The van der Waals surface area contributed by atoms with E-state index >= 15 is 0 Å². The first kappa shape index (κ1) is 14.1. The van der Waals surface area contributed by atoms with Crippen LogP contribution in [0.15, 0.2) is 30.3 Å². The van der Waals surface area contributed by atoms with Crippen molar-refractivity contribution in [3.05, 3.63) is 35.9 Å². The molecule has 1 aromatic rings. The summed E-state index contributed by atoms with van der Waals surface area (Å²) in [6, 6.07) is 12.3. The summed E-state index contributed by atoms with van der Waals surface area (Å²) in [5, 5.41) is 3.61. The molecule has 0 amide bonds. The van der Waals surface area contributed by atoms with Gasteiger partial charge in [0.2, 0.25) is 0 Å². The molecule has 110 valence electrons. The smallest absolute Gasteiger partial charge is 0.0234 e. The van der Waals surface area contributed by atoms with Crippen LogP contribution in [-0.4, -0.2) is 55.1 Å². The molecule has 20 heavy (non-hydrogen) atoms. The molecule has 0 aliphatic carbocycles. The van der Waals surface area contributed by atoms with Crippen LogP contribution in [0.2, 0.25) is 0 Å². The van der Waals surface area contributed by atoms with Crippen LogP contribution >= 0.6 is 0 Å². The number of nitrogens with one attached hydrogen (secondary N) is 1. The molecule has 2 heterocycles. The van der Waals surface area contributed by atoms with E-state index in [9.17, 15) is 0 Å². The fraction of sp³-hybridized carbons (Fsp3) is 0.647. The zero-order chi connectivity index (χ0) is 13.8. The predicted molar refractivity (Wildman–Crippen MR) is 83.8 cm³/mol. The first-order valence-corrected chi connectivity index (χ1v) is 8.01. The molecule has 1 aromatic carbocycles. The highest BCUT2D eigenvalue weighted by Crippen LogP contribution is 2.18. The van der Waals surface area contributed by atoms with Crippen molar-refractivity contribution in [3.8, 4) is 0 Å². The molecule has 0 aromatic heterocycles. The molecule has 2 fully saturated rings. The predicted octanol–water partition coefficient (Wildman–Crippen LogP) is 1.94. The van der Waals surface area contributed by atoms with Crippen LogP contribution in [0, 0.1) is 0 Å². The molecule has 2 unspecified atom stereocenters. The molecule has 0 spiro atoms. The van der Waals surface area contributed by atoms with Crippen molar-refractivity contribution in [1.29, 1.82) is 0 Å². The van der Waals surface area contributed by atoms with Gasteiger partial charge in [0, 0.05) is 38.3 Å². The maximum absolute atomic E-state index is 3.61. The third-order valence-electron chi connectivity index (χ3n) is 4.79. The molecule has 3 heteroatoms. The topological polar surface area (TPSA) is 18.5 Å². The van der Waals surface area contributed by atoms with Crippen molar-refractivity contribution in [2.45, 2.75) is 37.9 Å². The minimum Gasteiger partial charge on any atom is -0.313 e. The summed E-state index contributed by atoms with van der Waals surface area (Å²) in [5.74, 6) is 0. The van der Waals surface area contributed by atoms with E-state index in [-0.39, 0.29) is 0 Å². The van der Waals surface area contributed by atoms with Gasteiger partial charge in [0.1, 0.15) is 0 Å². The summed E-state index contributed by atoms with van der Waals surface area (Å²) in [6.07, 6.45) is 4.02. The Labute approximate surface area is 123 Å². The van der Waals surface area contributed by atoms with Gasteiger partial charge < -0.3 is 10.2 Å². The van der Waals surface area contributed by atoms with E-state index in [1.807, 2.05) is 0 Å². The Bertz CT molecular complexity index is 400. The second-order valence-corrected chi connectivity index (χ2v) is 6.40. The average molecular weight is 273 g/mol. The Morgan fingerprint density at radius 1 is 1.25 bits per heavy atom. The van der Waals surface area contributed by atoms with Crippen LogP contribution in [0.1, 0.15) is 24.8 Å². The van der Waals surface area contributed by atoms with E-state index in [4.69, 9.17) is 0 Å². The van der Waals surface area contributed by atoms with Crippen LogP contribution in [0.25, 0.3) is 0 Å². The highest BCUT2D eigenvalue weighted by molar-refractivity contribution is 5.14. The number of likely N-dealkylation sites (tertiary alicyclic amines) is 1. The van der Waals surface area contributed by atoms with E-state index in [0.29, 0.717) is 0 Å². The minimum atomic E-state index is 0.725. The molecule has 3 nitrogen and oxygen atoms in total. The van der Waals surface area contributed by atoms with Gasteiger partial charge in [-0.05, 0) is 38.4 Å². The first-order valence-electron chi connectivity index (χ1n) is 8.01. The summed E-state index contributed by atoms with van der Waals surface area (Å²) in [7, 11) is 2.30. The van der Waals surface area contributed by atoms with E-state index in [0.717, 1.165) is 18.6 Å². The van der Waals surface area contributed by atoms with Gasteiger partial charge in [0.05, 0.1) is 0 Å². The number of hydrogen-bond donors (Lipinski definition) is 1. The first-order chi connectivity index (χ1) is 9.81. The Balaban J connectivity index is 1.46. The molecule has 0 saturated carbocycles.